The van der Waals surface area contributed by atoms with Crippen molar-refractivity contribution < 1.29 is 14.0 Å². The first-order valence-corrected chi connectivity index (χ1v) is 11.9. The number of amides is 1. The third kappa shape index (κ3) is 4.93. The maximum atomic E-state index is 13.1. The maximum Gasteiger partial charge on any atom is 0.234 e. The number of rotatable bonds is 5. The van der Waals surface area contributed by atoms with Crippen molar-refractivity contribution in [2.45, 2.75) is 25.2 Å². The summed E-state index contributed by atoms with van der Waals surface area (Å²) < 4.78 is 13.1. The van der Waals surface area contributed by atoms with Crippen LogP contribution in [0.1, 0.15) is 30.7 Å². The van der Waals surface area contributed by atoms with Gasteiger partial charge in [-0.1, -0.05) is 47.1 Å². The van der Waals surface area contributed by atoms with E-state index in [1.165, 1.54) is 24.3 Å². The second-order valence-corrected chi connectivity index (χ2v) is 9.34. The Hall–Kier alpha value is -2.79. The number of nitrogens with one attached hydrogen (secondary N) is 2. The Labute approximate surface area is 204 Å². The van der Waals surface area contributed by atoms with Gasteiger partial charge in [0.25, 0.3) is 0 Å². The van der Waals surface area contributed by atoms with Gasteiger partial charge >= 0.3 is 0 Å². The normalized spacial score (nSPS) is 17.9. The molecule has 0 spiro atoms. The smallest absolute Gasteiger partial charge is 0.234 e. The van der Waals surface area contributed by atoms with Gasteiger partial charge in [-0.05, 0) is 48.7 Å². The van der Waals surface area contributed by atoms with Gasteiger partial charge in [-0.3, -0.25) is 9.59 Å². The highest BCUT2D eigenvalue weighted by atomic mass is 35.5. The molecule has 0 radical (unpaired) electrons. The molecule has 1 aliphatic carbocycles. The Morgan fingerprint density at radius 1 is 1.21 bits per heavy atom. The molecule has 1 heterocycles. The van der Waals surface area contributed by atoms with Crippen molar-refractivity contribution in [2.24, 2.45) is 0 Å². The fourth-order valence-corrected chi connectivity index (χ4v) is 5.24. The molecule has 1 amide bonds. The summed E-state index contributed by atoms with van der Waals surface area (Å²) in [7, 11) is 0. The number of carbonyl (C=O) groups is 2. The molecule has 5 nitrogen and oxygen atoms in total. The first kappa shape index (κ1) is 23.4. The highest BCUT2D eigenvalue weighted by Crippen LogP contribution is 2.46. The number of ketones is 1. The highest BCUT2D eigenvalue weighted by molar-refractivity contribution is 8.03. The van der Waals surface area contributed by atoms with E-state index in [2.05, 4.69) is 16.7 Å². The Bertz CT molecular complexity index is 1240. The van der Waals surface area contributed by atoms with Crippen LogP contribution in [0.25, 0.3) is 0 Å². The second kappa shape index (κ2) is 10.0. The largest absolute Gasteiger partial charge is 0.352 e. The minimum Gasteiger partial charge on any atom is -0.352 e. The molecule has 33 heavy (non-hydrogen) atoms. The van der Waals surface area contributed by atoms with Crippen LogP contribution >= 0.6 is 35.0 Å². The number of allylic oxidation sites excluding steroid dienone is 3. The number of halogens is 3. The second-order valence-electron chi connectivity index (χ2n) is 7.57. The van der Waals surface area contributed by atoms with Gasteiger partial charge in [-0.15, -0.1) is 0 Å². The molecular formula is C24H18Cl2FN3O2S. The van der Waals surface area contributed by atoms with Crippen LogP contribution in [0.4, 0.5) is 10.1 Å². The van der Waals surface area contributed by atoms with Crippen LogP contribution < -0.4 is 10.6 Å². The number of hydrogen-bond acceptors (Lipinski definition) is 5. The number of dihydropyridines is 1. The molecule has 168 valence electrons. The number of carbonyl (C=O) groups excluding carboxylic acids is 2. The van der Waals surface area contributed by atoms with Crippen LogP contribution in [0.2, 0.25) is 10.0 Å². The Morgan fingerprint density at radius 2 is 1.97 bits per heavy atom. The standard InChI is InChI=1S/C24H18Cl2FN3O2S/c25-17-4-1-3-15(23(17)26)21-16(11-28)24(30-18-5-2-6-19(31)22(18)21)33-12-20(32)29-14-9-7-13(27)8-10-14/h1,3-4,7-10,21,30H,2,5-6,12H2,(H,29,32). The average molecular weight is 502 g/mol. The molecule has 9 heteroatoms. The Morgan fingerprint density at radius 3 is 2.70 bits per heavy atom. The summed E-state index contributed by atoms with van der Waals surface area (Å²) in [4.78, 5) is 25.3. The van der Waals surface area contributed by atoms with E-state index in [0.29, 0.717) is 56.7 Å². The lowest BCUT2D eigenvalue weighted by Gasteiger charge is -2.33. The molecule has 0 fully saturated rings. The van der Waals surface area contributed by atoms with Crippen molar-refractivity contribution in [1.82, 2.24) is 5.32 Å². The minimum absolute atomic E-state index is 0.0114. The van der Waals surface area contributed by atoms with Crippen molar-refractivity contribution in [3.8, 4) is 6.07 Å². The summed E-state index contributed by atoms with van der Waals surface area (Å²) in [6.07, 6.45) is 1.75. The van der Waals surface area contributed by atoms with Gasteiger partial charge < -0.3 is 10.6 Å². The van der Waals surface area contributed by atoms with Crippen LogP contribution in [0.15, 0.2) is 64.3 Å². The zero-order valence-electron chi connectivity index (χ0n) is 17.3. The fourth-order valence-electron chi connectivity index (χ4n) is 3.96. The van der Waals surface area contributed by atoms with Crippen LogP contribution in [-0.4, -0.2) is 17.4 Å². The third-order valence-electron chi connectivity index (χ3n) is 5.43. The van der Waals surface area contributed by atoms with Gasteiger partial charge in [0, 0.05) is 23.4 Å². The Balaban J connectivity index is 1.65. The zero-order chi connectivity index (χ0) is 23.5. The number of hydrogen-bond donors (Lipinski definition) is 2. The zero-order valence-corrected chi connectivity index (χ0v) is 19.6. The molecule has 1 aliphatic heterocycles. The summed E-state index contributed by atoms with van der Waals surface area (Å²) in [6, 6.07) is 12.8. The van der Waals surface area contributed by atoms with E-state index in [-0.39, 0.29) is 17.4 Å². The van der Waals surface area contributed by atoms with Gasteiger partial charge in [-0.2, -0.15) is 5.26 Å². The van der Waals surface area contributed by atoms with Crippen molar-refractivity contribution in [3.05, 3.63) is 85.8 Å². The molecule has 2 N–H and O–H groups in total. The van der Waals surface area contributed by atoms with Crippen LogP contribution in [0.5, 0.6) is 0 Å². The number of Topliss-reactive ketones (excluding diaryl/α,β-unsaturated/α-hetero) is 1. The number of anilines is 1. The van der Waals surface area contributed by atoms with Gasteiger partial charge in [0.05, 0.1) is 38.4 Å². The molecule has 2 aromatic rings. The molecule has 0 aromatic heterocycles. The molecular weight excluding hydrogens is 484 g/mol. The van der Waals surface area contributed by atoms with Crippen molar-refractivity contribution in [1.29, 1.82) is 5.26 Å². The van der Waals surface area contributed by atoms with E-state index in [1.807, 2.05) is 0 Å². The predicted octanol–water partition coefficient (Wildman–Crippen LogP) is 5.93. The van der Waals surface area contributed by atoms with Gasteiger partial charge in [0.1, 0.15) is 5.82 Å². The first-order valence-electron chi connectivity index (χ1n) is 10.2. The molecule has 4 rings (SSSR count). The van der Waals surface area contributed by atoms with E-state index < -0.39 is 11.7 Å². The molecule has 0 bridgehead atoms. The van der Waals surface area contributed by atoms with E-state index >= 15 is 0 Å². The van der Waals surface area contributed by atoms with E-state index in [9.17, 15) is 19.2 Å². The summed E-state index contributed by atoms with van der Waals surface area (Å²) in [6.45, 7) is 0. The predicted molar refractivity (Wildman–Crippen MR) is 128 cm³/mol. The average Bonchev–Trinajstić information content (AvgIpc) is 2.80. The lowest BCUT2D eigenvalue weighted by molar-refractivity contribution is -0.116. The van der Waals surface area contributed by atoms with Gasteiger partial charge in [0.2, 0.25) is 5.91 Å². The third-order valence-corrected chi connectivity index (χ3v) is 7.28. The lowest BCUT2D eigenvalue weighted by Crippen LogP contribution is -2.32. The van der Waals surface area contributed by atoms with E-state index in [4.69, 9.17) is 23.2 Å². The first-order chi connectivity index (χ1) is 15.9. The number of nitrogens with zero attached hydrogens (tertiary/aromatic N) is 1. The minimum atomic E-state index is -0.659. The number of benzene rings is 2. The SMILES string of the molecule is N#CC1=C(SCC(=O)Nc2ccc(F)cc2)NC2=C(C(=O)CCC2)C1c1cccc(Cl)c1Cl. The van der Waals surface area contributed by atoms with Crippen molar-refractivity contribution in [3.63, 3.8) is 0 Å². The van der Waals surface area contributed by atoms with Crippen molar-refractivity contribution >= 4 is 52.3 Å². The van der Waals surface area contributed by atoms with Crippen molar-refractivity contribution in [2.75, 3.05) is 11.1 Å². The van der Waals surface area contributed by atoms with Gasteiger partial charge in [0.15, 0.2) is 5.78 Å². The van der Waals surface area contributed by atoms with E-state index in [0.717, 1.165) is 17.5 Å². The molecule has 2 aromatic carbocycles. The summed E-state index contributed by atoms with van der Waals surface area (Å²) in [5.74, 6) is -1.38. The summed E-state index contributed by atoms with van der Waals surface area (Å²) in [5.41, 5.74) is 2.64. The van der Waals surface area contributed by atoms with Crippen LogP contribution in [0.3, 0.4) is 0 Å². The Kier molecular flexibility index (Phi) is 7.08. The topological polar surface area (TPSA) is 82.0 Å². The number of thioether (sulfide) groups is 1. The number of nitriles is 1. The quantitative estimate of drug-likeness (QED) is 0.530. The highest BCUT2D eigenvalue weighted by Gasteiger charge is 2.38. The molecule has 2 aliphatic rings. The molecule has 1 unspecified atom stereocenters. The monoisotopic (exact) mass is 501 g/mol. The fraction of sp³-hybridized carbons (Fsp3) is 0.208. The van der Waals surface area contributed by atoms with Crippen LogP contribution in [0, 0.1) is 17.1 Å². The maximum absolute atomic E-state index is 13.1. The van der Waals surface area contributed by atoms with Crippen LogP contribution in [-0.2, 0) is 9.59 Å². The van der Waals surface area contributed by atoms with E-state index in [1.54, 1.807) is 18.2 Å². The summed E-state index contributed by atoms with van der Waals surface area (Å²) >= 11 is 13.9. The molecule has 1 atom stereocenters. The van der Waals surface area contributed by atoms with Gasteiger partial charge in [-0.25, -0.2) is 4.39 Å². The lowest BCUT2D eigenvalue weighted by atomic mass is 9.77. The molecule has 0 saturated heterocycles. The molecule has 0 saturated carbocycles. The summed E-state index contributed by atoms with van der Waals surface area (Å²) in [5, 5.41) is 17.1.